The van der Waals surface area contributed by atoms with Crippen LogP contribution in [0.1, 0.15) is 93.4 Å². The third kappa shape index (κ3) is 3.43. The lowest BCUT2D eigenvalue weighted by atomic mass is 9.33. The molecular weight excluding hydrogens is 457 g/mol. The molecule has 0 spiro atoms. The van der Waals surface area contributed by atoms with Crippen molar-refractivity contribution in [2.24, 2.45) is 50.2 Å². The van der Waals surface area contributed by atoms with E-state index in [1.54, 1.807) is 0 Å². The van der Waals surface area contributed by atoms with Crippen LogP contribution in [-0.2, 0) is 9.59 Å². The molecule has 5 rings (SSSR count). The van der Waals surface area contributed by atoms with E-state index in [-0.39, 0.29) is 63.6 Å². The van der Waals surface area contributed by atoms with Gasteiger partial charge in [0, 0.05) is 16.7 Å². The molecule has 37 heavy (non-hydrogen) atoms. The molecule has 3 fully saturated rings. The van der Waals surface area contributed by atoms with Gasteiger partial charge in [-0.15, -0.1) is 0 Å². The molecule has 0 heterocycles. The minimum Gasteiger partial charge on any atom is -0.451 e. The maximum atomic E-state index is 14.4. The Morgan fingerprint density at radius 1 is 1.03 bits per heavy atom. The molecule has 0 bridgehead atoms. The number of fused-ring (bicyclic) bond motifs is 7. The fraction of sp³-hybridized carbons (Fsp3) is 0.781. The summed E-state index contributed by atoms with van der Waals surface area (Å²) in [6, 6.07) is 0. The number of Topliss-reactive ketones (excluding diaryl/α,β-unsaturated/α-hetero) is 1. The van der Waals surface area contributed by atoms with Gasteiger partial charge >= 0.3 is 0 Å². The number of hydrogen-bond donors (Lipinski definition) is 1. The van der Waals surface area contributed by atoms with Gasteiger partial charge in [0.2, 0.25) is 5.70 Å². The Balaban J connectivity index is 1.68. The molecule has 3 saturated carbocycles. The van der Waals surface area contributed by atoms with Gasteiger partial charge in [0.1, 0.15) is 0 Å². The second-order valence-electron chi connectivity index (χ2n) is 15.6. The first kappa shape index (κ1) is 26.9. The predicted octanol–water partition coefficient (Wildman–Crippen LogP) is 7.17. The van der Waals surface area contributed by atoms with Gasteiger partial charge < -0.3 is 9.82 Å². The maximum absolute atomic E-state index is 14.4. The largest absolute Gasteiger partial charge is 0.451 e. The highest BCUT2D eigenvalue weighted by Crippen LogP contribution is 2.75. The molecule has 0 amide bonds. The fourth-order valence-electron chi connectivity index (χ4n) is 10.7. The Kier molecular flexibility index (Phi) is 5.77. The molecule has 1 N–H and O–H groups in total. The molecular formula is C32H46BNO3. The third-order valence-electron chi connectivity index (χ3n) is 12.7. The number of ketones is 2. The Morgan fingerprint density at radius 3 is 2.30 bits per heavy atom. The molecule has 0 saturated heterocycles. The van der Waals surface area contributed by atoms with Crippen molar-refractivity contribution in [3.63, 3.8) is 0 Å². The van der Waals surface area contributed by atoms with Crippen LogP contribution in [0.2, 0.25) is 13.1 Å². The monoisotopic (exact) mass is 503 g/mol. The zero-order valence-corrected chi connectivity index (χ0v) is 24.3. The average Bonchev–Trinajstić information content (AvgIpc) is 2.78. The van der Waals surface area contributed by atoms with Gasteiger partial charge in [0.15, 0.2) is 11.6 Å². The fourth-order valence-corrected chi connectivity index (χ4v) is 10.7. The maximum Gasteiger partial charge on any atom is 0.286 e. The van der Waals surface area contributed by atoms with Crippen LogP contribution in [-0.4, -0.2) is 23.5 Å². The van der Waals surface area contributed by atoms with E-state index in [1.807, 2.05) is 32.8 Å². The van der Waals surface area contributed by atoms with Gasteiger partial charge in [0.25, 0.3) is 6.92 Å². The molecule has 0 aromatic rings. The van der Waals surface area contributed by atoms with Gasteiger partial charge in [-0.3, -0.25) is 4.79 Å². The SMILES string of the molecule is [C-]#[N+]C1=C[C@]2(C)C3=CC(=O)[C@@H]4[C@@H]5CC(C)(C)CC[C@]5(CB(C)O)CC[C@@]4(C)[C@]3(C)CC[C@H]2C(C)(C)C1=O. The minimum atomic E-state index is -0.626. The van der Waals surface area contributed by atoms with Crippen molar-refractivity contribution < 1.29 is 14.6 Å². The number of nitrogens with zero attached hydrogens (tertiary/aromatic N) is 1. The van der Waals surface area contributed by atoms with Gasteiger partial charge in [-0.25, -0.2) is 4.85 Å². The first-order valence-corrected chi connectivity index (χ1v) is 14.6. The summed E-state index contributed by atoms with van der Waals surface area (Å²) in [4.78, 5) is 31.3. The minimum absolute atomic E-state index is 0.0305. The first-order valence-electron chi connectivity index (χ1n) is 14.6. The summed E-state index contributed by atoms with van der Waals surface area (Å²) < 4.78 is 0. The van der Waals surface area contributed by atoms with E-state index in [0.29, 0.717) is 0 Å². The van der Waals surface area contributed by atoms with Crippen molar-refractivity contribution in [2.75, 3.05) is 0 Å². The van der Waals surface area contributed by atoms with Crippen molar-refractivity contribution in [1.29, 1.82) is 0 Å². The van der Waals surface area contributed by atoms with Crippen molar-refractivity contribution in [3.8, 4) is 0 Å². The van der Waals surface area contributed by atoms with Crippen LogP contribution in [0.25, 0.3) is 4.85 Å². The van der Waals surface area contributed by atoms with E-state index >= 15 is 0 Å². The van der Waals surface area contributed by atoms with E-state index in [2.05, 4.69) is 39.5 Å². The molecule has 7 atom stereocenters. The van der Waals surface area contributed by atoms with Gasteiger partial charge in [-0.05, 0) is 90.8 Å². The molecule has 0 aromatic heterocycles. The Morgan fingerprint density at radius 2 is 1.68 bits per heavy atom. The van der Waals surface area contributed by atoms with E-state index in [4.69, 9.17) is 6.57 Å². The smallest absolute Gasteiger partial charge is 0.286 e. The van der Waals surface area contributed by atoms with Gasteiger partial charge in [0.05, 0.1) is 6.57 Å². The number of carbonyl (C=O) groups is 2. The van der Waals surface area contributed by atoms with Gasteiger partial charge in [-0.2, -0.15) is 0 Å². The molecule has 5 heteroatoms. The van der Waals surface area contributed by atoms with Gasteiger partial charge in [-0.1, -0.05) is 66.9 Å². The summed E-state index contributed by atoms with van der Waals surface area (Å²) in [5.74, 6) is 0.510. The third-order valence-corrected chi connectivity index (χ3v) is 12.7. The van der Waals surface area contributed by atoms with Crippen molar-refractivity contribution in [2.45, 2.75) is 107 Å². The Bertz CT molecular complexity index is 1160. The van der Waals surface area contributed by atoms with Crippen LogP contribution < -0.4 is 0 Å². The average molecular weight is 504 g/mol. The zero-order valence-electron chi connectivity index (χ0n) is 24.3. The van der Waals surface area contributed by atoms with Crippen molar-refractivity contribution >= 4 is 18.5 Å². The van der Waals surface area contributed by atoms with E-state index in [1.165, 1.54) is 5.57 Å². The lowest BCUT2D eigenvalue weighted by Gasteiger charge is -2.69. The van der Waals surface area contributed by atoms with E-state index < -0.39 is 10.8 Å². The molecule has 4 nitrogen and oxygen atoms in total. The van der Waals surface area contributed by atoms with Crippen molar-refractivity contribution in [3.05, 3.63) is 34.8 Å². The summed E-state index contributed by atoms with van der Waals surface area (Å²) in [6.07, 6.45) is 11.9. The summed E-state index contributed by atoms with van der Waals surface area (Å²) in [5.41, 5.74) is 0.175. The van der Waals surface area contributed by atoms with E-state index in [9.17, 15) is 14.6 Å². The number of hydrogen-bond acceptors (Lipinski definition) is 3. The summed E-state index contributed by atoms with van der Waals surface area (Å²) in [5, 5.41) is 10.6. The highest BCUT2D eigenvalue weighted by molar-refractivity contribution is 6.48. The molecule has 0 aliphatic heterocycles. The molecule has 0 radical (unpaired) electrons. The molecule has 200 valence electrons. The Hall–Kier alpha value is -1.67. The second-order valence-corrected chi connectivity index (χ2v) is 15.6. The van der Waals surface area contributed by atoms with Crippen molar-refractivity contribution in [1.82, 2.24) is 0 Å². The molecule has 5 aliphatic rings. The zero-order chi connectivity index (χ0) is 27.4. The highest BCUT2D eigenvalue weighted by atomic mass is 16.2. The normalized spacial score (nSPS) is 45.8. The predicted molar refractivity (Wildman–Crippen MR) is 149 cm³/mol. The lowest BCUT2D eigenvalue weighted by molar-refractivity contribution is -0.168. The number of carbonyl (C=O) groups excluding carboxylic acids is 2. The molecule has 5 aliphatic carbocycles. The van der Waals surface area contributed by atoms with Crippen LogP contribution in [0.3, 0.4) is 0 Å². The second kappa shape index (κ2) is 7.94. The summed E-state index contributed by atoms with van der Waals surface area (Å²) in [6.45, 7) is 25.0. The highest BCUT2D eigenvalue weighted by Gasteiger charge is 2.69. The first-order chi connectivity index (χ1) is 17.0. The van der Waals surface area contributed by atoms with Crippen LogP contribution in [0.5, 0.6) is 0 Å². The van der Waals surface area contributed by atoms with Crippen LogP contribution >= 0.6 is 0 Å². The topological polar surface area (TPSA) is 58.7 Å². The Labute approximate surface area is 224 Å². The molecule has 0 aromatic carbocycles. The number of allylic oxidation sites excluding steroid dienone is 4. The summed E-state index contributed by atoms with van der Waals surface area (Å²) in [7, 11) is 0. The lowest BCUT2D eigenvalue weighted by Crippen LogP contribution is -2.65. The van der Waals surface area contributed by atoms with E-state index in [0.717, 1.165) is 51.3 Å². The standard InChI is InChI=1S/C32H46BNO3/c1-27(2)12-14-32(19-33(8)37)15-13-31(7)25(20(32)17-27)22(35)16-24-29(5)18-21(34-9)26(36)28(3,4)23(29)10-11-30(24,31)6/h16,18,20,23,25,37H,10-15,17,19H2,1-8H3/t20-,23-,25-,29-,30+,31+,32+/m0/s1. The van der Waals surface area contributed by atoms with Crippen LogP contribution in [0.15, 0.2) is 23.4 Å². The van der Waals surface area contributed by atoms with Crippen LogP contribution in [0.4, 0.5) is 0 Å². The van der Waals surface area contributed by atoms with Crippen LogP contribution in [0, 0.1) is 56.8 Å². The number of rotatable bonds is 2. The molecule has 0 unspecified atom stereocenters. The quantitative estimate of drug-likeness (QED) is 0.321. The summed E-state index contributed by atoms with van der Waals surface area (Å²) >= 11 is 0.